The number of methoxy groups -OCH3 is 2. The van der Waals surface area contributed by atoms with Crippen LogP contribution in [0.15, 0.2) is 116 Å². The summed E-state index contributed by atoms with van der Waals surface area (Å²) in [7, 11) is 3.25. The molecule has 1 fully saturated rings. The minimum atomic E-state index is -1.08. The van der Waals surface area contributed by atoms with Gasteiger partial charge in [-0.15, -0.1) is 0 Å². The number of imidazole rings is 1. The van der Waals surface area contributed by atoms with Crippen LogP contribution >= 0.6 is 0 Å². The molecule has 0 bridgehead atoms. The molecule has 2 N–H and O–H groups in total. The van der Waals surface area contributed by atoms with Gasteiger partial charge in [0, 0.05) is 24.2 Å². The first-order valence-corrected chi connectivity index (χ1v) is 15.9. The lowest BCUT2D eigenvalue weighted by atomic mass is 9.80. The van der Waals surface area contributed by atoms with Crippen LogP contribution in [0.2, 0.25) is 0 Å². The first kappa shape index (κ1) is 32.6. The molecule has 0 spiro atoms. The Morgan fingerprint density at radius 1 is 0.880 bits per heavy atom. The molecule has 13 heteroatoms. The number of fused-ring (bicyclic) bond motifs is 1. The molecule has 3 atom stereocenters. The first-order chi connectivity index (χ1) is 24.4. The van der Waals surface area contributed by atoms with Gasteiger partial charge in [0.25, 0.3) is 5.69 Å². The van der Waals surface area contributed by atoms with Gasteiger partial charge in [-0.05, 0) is 53.1 Å². The fourth-order valence-corrected chi connectivity index (χ4v) is 6.27. The second-order valence-electron chi connectivity index (χ2n) is 11.7. The highest BCUT2D eigenvalue weighted by atomic mass is 16.6. The van der Waals surface area contributed by atoms with Crippen LogP contribution in [0.3, 0.4) is 0 Å². The molecule has 0 unspecified atom stereocenters. The van der Waals surface area contributed by atoms with Crippen molar-refractivity contribution in [3.63, 3.8) is 0 Å². The average molecular weight is 675 g/mol. The Morgan fingerprint density at radius 2 is 1.50 bits per heavy atom. The molecule has 7 rings (SSSR count). The maximum Gasteiger partial charge on any atom is 0.269 e. The van der Waals surface area contributed by atoms with Gasteiger partial charge in [-0.3, -0.25) is 14.7 Å². The average Bonchev–Trinajstić information content (AvgIpc) is 3.76. The quantitative estimate of drug-likeness (QED) is 0.0872. The van der Waals surface area contributed by atoms with E-state index in [9.17, 15) is 15.2 Å². The minimum Gasteiger partial charge on any atom is -0.497 e. The molecular weight excluding hydrogens is 640 g/mol. The molecule has 1 saturated heterocycles. The molecule has 4 aromatic carbocycles. The van der Waals surface area contributed by atoms with Crippen molar-refractivity contribution in [1.82, 2.24) is 19.5 Å². The smallest absolute Gasteiger partial charge is 0.269 e. The predicted molar refractivity (Wildman–Crippen MR) is 184 cm³/mol. The lowest BCUT2D eigenvalue weighted by Gasteiger charge is -2.37. The summed E-state index contributed by atoms with van der Waals surface area (Å²) in [4.78, 5) is 23.9. The van der Waals surface area contributed by atoms with Gasteiger partial charge in [0.2, 0.25) is 0 Å². The number of rotatable bonds is 12. The highest BCUT2D eigenvalue weighted by Crippen LogP contribution is 2.43. The number of aliphatic hydroxyl groups is 1. The summed E-state index contributed by atoms with van der Waals surface area (Å²) in [6.45, 7) is 0.0547. The number of hydrogen-bond donors (Lipinski definition) is 2. The SMILES string of the molecule is COc1ccc(C(OC[C@H]2O[C@@H](n3cnc4c(Nc5ccc([N+](=O)[O-])cc5)ncnc43)C[C@@H]2O)(c2ccccc2)c2ccc(OC)cc2)cc1. The number of ether oxygens (including phenoxy) is 4. The third-order valence-corrected chi connectivity index (χ3v) is 8.85. The van der Waals surface area contributed by atoms with Crippen molar-refractivity contribution in [2.45, 2.75) is 30.5 Å². The monoisotopic (exact) mass is 674 g/mol. The van der Waals surface area contributed by atoms with E-state index in [1.807, 2.05) is 78.9 Å². The Hall–Kier alpha value is -5.89. The number of aromatic nitrogens is 4. The van der Waals surface area contributed by atoms with E-state index >= 15 is 0 Å². The third-order valence-electron chi connectivity index (χ3n) is 8.85. The van der Waals surface area contributed by atoms with Crippen molar-refractivity contribution < 1.29 is 29.0 Å². The molecule has 0 aliphatic carbocycles. The van der Waals surface area contributed by atoms with Crippen molar-refractivity contribution in [3.8, 4) is 11.5 Å². The van der Waals surface area contributed by atoms with Gasteiger partial charge in [0.1, 0.15) is 35.8 Å². The standard InChI is InChI=1S/C37H34N6O7/c1-47-29-16-8-25(9-17-29)37(24-6-4-3-5-7-24,26-10-18-30(48-2)19-11-26)49-21-32-31(44)20-33(50-32)42-23-40-34-35(38-22-39-36(34)42)41-27-12-14-28(15-13-27)43(45)46/h3-19,22-23,31-33,44H,20-21H2,1-2H3,(H,38,39,41)/t31-,32+,33+/m0/s1. The molecule has 254 valence electrons. The van der Waals surface area contributed by atoms with Gasteiger partial charge in [-0.2, -0.15) is 0 Å². The van der Waals surface area contributed by atoms with Gasteiger partial charge in [-0.1, -0.05) is 54.6 Å². The van der Waals surface area contributed by atoms with Crippen LogP contribution < -0.4 is 14.8 Å². The van der Waals surface area contributed by atoms with Crippen molar-refractivity contribution in [2.24, 2.45) is 0 Å². The molecule has 1 aliphatic heterocycles. The molecule has 0 amide bonds. The van der Waals surface area contributed by atoms with Gasteiger partial charge in [0.05, 0.1) is 38.2 Å². The number of anilines is 2. The molecule has 13 nitrogen and oxygen atoms in total. The Bertz CT molecular complexity index is 2030. The lowest BCUT2D eigenvalue weighted by Crippen LogP contribution is -2.38. The number of nitrogens with zero attached hydrogens (tertiary/aromatic N) is 5. The highest BCUT2D eigenvalue weighted by Gasteiger charge is 2.42. The number of hydrogen-bond acceptors (Lipinski definition) is 11. The van der Waals surface area contributed by atoms with Gasteiger partial charge in [0.15, 0.2) is 17.0 Å². The number of nitro benzene ring substituents is 1. The minimum absolute atomic E-state index is 0.0165. The largest absolute Gasteiger partial charge is 0.497 e. The van der Waals surface area contributed by atoms with Crippen LogP contribution in [0.5, 0.6) is 11.5 Å². The molecule has 1 aliphatic rings. The molecule has 6 aromatic rings. The Morgan fingerprint density at radius 3 is 2.10 bits per heavy atom. The predicted octanol–water partition coefficient (Wildman–Crippen LogP) is 6.15. The fourth-order valence-electron chi connectivity index (χ4n) is 6.27. The molecule has 3 heterocycles. The van der Waals surface area contributed by atoms with E-state index in [2.05, 4.69) is 20.3 Å². The van der Waals surface area contributed by atoms with Gasteiger partial charge in [-0.25, -0.2) is 15.0 Å². The van der Waals surface area contributed by atoms with Gasteiger partial charge >= 0.3 is 0 Å². The van der Waals surface area contributed by atoms with Crippen LogP contribution in [-0.4, -0.2) is 62.6 Å². The number of aliphatic hydroxyl groups excluding tert-OH is 1. The van der Waals surface area contributed by atoms with Crippen LogP contribution in [0.25, 0.3) is 11.2 Å². The molecule has 2 aromatic heterocycles. The summed E-state index contributed by atoms with van der Waals surface area (Å²) in [5, 5.41) is 25.5. The normalized spacial score (nSPS) is 17.5. The van der Waals surface area contributed by atoms with Crippen molar-refractivity contribution in [2.75, 3.05) is 26.1 Å². The topological polar surface area (TPSA) is 156 Å². The summed E-state index contributed by atoms with van der Waals surface area (Å²) in [6.07, 6.45) is 1.16. The summed E-state index contributed by atoms with van der Waals surface area (Å²) >= 11 is 0. The summed E-state index contributed by atoms with van der Waals surface area (Å²) in [6, 6.07) is 31.4. The summed E-state index contributed by atoms with van der Waals surface area (Å²) < 4.78 is 26.1. The maximum absolute atomic E-state index is 11.3. The zero-order chi connectivity index (χ0) is 34.7. The van der Waals surface area contributed by atoms with Crippen LogP contribution in [0.4, 0.5) is 17.2 Å². The molecule has 50 heavy (non-hydrogen) atoms. The third kappa shape index (κ3) is 6.20. The maximum atomic E-state index is 11.3. The van der Waals surface area contributed by atoms with Crippen LogP contribution in [0.1, 0.15) is 29.3 Å². The van der Waals surface area contributed by atoms with Crippen molar-refractivity contribution in [3.05, 3.63) is 143 Å². The van der Waals surface area contributed by atoms with E-state index in [0.29, 0.717) is 34.2 Å². The number of benzene rings is 4. The van der Waals surface area contributed by atoms with E-state index in [-0.39, 0.29) is 18.7 Å². The van der Waals surface area contributed by atoms with Crippen molar-refractivity contribution in [1.29, 1.82) is 0 Å². The first-order valence-electron chi connectivity index (χ1n) is 15.9. The van der Waals surface area contributed by atoms with E-state index in [1.165, 1.54) is 18.5 Å². The van der Waals surface area contributed by atoms with Crippen LogP contribution in [0, 0.1) is 10.1 Å². The lowest BCUT2D eigenvalue weighted by molar-refractivity contribution is -0.384. The zero-order valence-electron chi connectivity index (χ0n) is 27.2. The number of nitro groups is 1. The van der Waals surface area contributed by atoms with E-state index in [1.54, 1.807) is 37.2 Å². The second-order valence-corrected chi connectivity index (χ2v) is 11.7. The zero-order valence-corrected chi connectivity index (χ0v) is 27.2. The molecule has 0 radical (unpaired) electrons. The van der Waals surface area contributed by atoms with E-state index in [0.717, 1.165) is 16.7 Å². The molecule has 0 saturated carbocycles. The molecular formula is C37H34N6O7. The number of non-ortho nitro benzene ring substituents is 1. The summed E-state index contributed by atoms with van der Waals surface area (Å²) in [5.41, 5.74) is 3.11. The Balaban J connectivity index is 1.17. The summed E-state index contributed by atoms with van der Waals surface area (Å²) in [5.74, 6) is 1.85. The Kier molecular flexibility index (Phi) is 9.09. The second kappa shape index (κ2) is 13.9. The van der Waals surface area contributed by atoms with E-state index in [4.69, 9.17) is 18.9 Å². The highest BCUT2D eigenvalue weighted by molar-refractivity contribution is 5.85. The van der Waals surface area contributed by atoms with Crippen LogP contribution in [-0.2, 0) is 15.1 Å². The Labute approximate surface area is 287 Å². The fraction of sp³-hybridized carbons (Fsp3) is 0.216. The van der Waals surface area contributed by atoms with Gasteiger partial charge < -0.3 is 29.4 Å². The number of nitrogens with one attached hydrogen (secondary N) is 1. The van der Waals surface area contributed by atoms with E-state index < -0.39 is 29.0 Å². The van der Waals surface area contributed by atoms with Crippen molar-refractivity contribution >= 4 is 28.4 Å².